The number of carbonyl (C=O) groups excluding carboxylic acids is 1. The summed E-state index contributed by atoms with van der Waals surface area (Å²) in [5.41, 5.74) is 1.54. The summed E-state index contributed by atoms with van der Waals surface area (Å²) in [6, 6.07) is 7.74. The molecule has 0 amide bonds. The number of benzene rings is 1. The average Bonchev–Trinajstić information content (AvgIpc) is 2.63. The number of ether oxygens (including phenoxy) is 2. The van der Waals surface area contributed by atoms with E-state index in [1.807, 2.05) is 6.92 Å². The standard InChI is InChI=1S/C19H23NO5S/c1-5-25-18(21)19(3,12-15-13-20-11-10-14(15)2)26(22,23)17-8-6-16(24-4)7-9-17/h6-11,13H,5,12H2,1-4H3. The summed E-state index contributed by atoms with van der Waals surface area (Å²) in [4.78, 5) is 16.8. The zero-order valence-electron chi connectivity index (χ0n) is 15.4. The second-order valence-corrected chi connectivity index (χ2v) is 8.49. The van der Waals surface area contributed by atoms with Crippen LogP contribution in [0.3, 0.4) is 0 Å². The van der Waals surface area contributed by atoms with Crippen LogP contribution in [0.25, 0.3) is 0 Å². The summed E-state index contributed by atoms with van der Waals surface area (Å²) in [5, 5.41) is 0. The van der Waals surface area contributed by atoms with Crippen LogP contribution in [0, 0.1) is 6.92 Å². The maximum absolute atomic E-state index is 13.3. The topological polar surface area (TPSA) is 82.6 Å². The second kappa shape index (κ2) is 7.86. The molecule has 0 fully saturated rings. The minimum atomic E-state index is -4.02. The maximum atomic E-state index is 13.3. The number of aryl methyl sites for hydroxylation is 1. The van der Waals surface area contributed by atoms with E-state index in [0.29, 0.717) is 11.3 Å². The molecule has 2 aromatic rings. The van der Waals surface area contributed by atoms with Crippen molar-refractivity contribution in [2.75, 3.05) is 13.7 Å². The van der Waals surface area contributed by atoms with E-state index in [0.717, 1.165) is 5.56 Å². The van der Waals surface area contributed by atoms with Crippen molar-refractivity contribution in [3.8, 4) is 5.75 Å². The summed E-state index contributed by atoms with van der Waals surface area (Å²) in [5.74, 6) is -0.246. The Morgan fingerprint density at radius 3 is 2.38 bits per heavy atom. The lowest BCUT2D eigenvalue weighted by molar-refractivity contribution is -0.145. The highest BCUT2D eigenvalue weighted by atomic mass is 32.2. The molecule has 1 aromatic heterocycles. The van der Waals surface area contributed by atoms with Gasteiger partial charge in [0.15, 0.2) is 14.6 Å². The highest BCUT2D eigenvalue weighted by Crippen LogP contribution is 2.32. The van der Waals surface area contributed by atoms with E-state index in [2.05, 4.69) is 4.98 Å². The predicted molar refractivity (Wildman–Crippen MR) is 97.9 cm³/mol. The van der Waals surface area contributed by atoms with Crippen molar-refractivity contribution >= 4 is 15.8 Å². The molecule has 0 aliphatic heterocycles. The lowest BCUT2D eigenvalue weighted by Crippen LogP contribution is -2.47. The highest BCUT2D eigenvalue weighted by molar-refractivity contribution is 7.93. The van der Waals surface area contributed by atoms with Gasteiger partial charge < -0.3 is 9.47 Å². The van der Waals surface area contributed by atoms with Gasteiger partial charge in [0.25, 0.3) is 0 Å². The molecule has 0 saturated heterocycles. The highest BCUT2D eigenvalue weighted by Gasteiger charge is 2.49. The fourth-order valence-electron chi connectivity index (χ4n) is 2.62. The molecule has 0 radical (unpaired) electrons. The molecule has 0 spiro atoms. The summed E-state index contributed by atoms with van der Waals surface area (Å²) < 4.78 is 35.1. The van der Waals surface area contributed by atoms with Gasteiger partial charge in [-0.3, -0.25) is 9.78 Å². The Morgan fingerprint density at radius 1 is 1.19 bits per heavy atom. The monoisotopic (exact) mass is 377 g/mol. The van der Waals surface area contributed by atoms with E-state index in [4.69, 9.17) is 9.47 Å². The number of carbonyl (C=O) groups is 1. The molecule has 0 saturated carbocycles. The number of hydrogen-bond donors (Lipinski definition) is 0. The Balaban J connectivity index is 2.55. The number of sulfone groups is 1. The molecule has 0 aliphatic rings. The van der Waals surface area contributed by atoms with Gasteiger partial charge in [-0.25, -0.2) is 8.42 Å². The van der Waals surface area contributed by atoms with E-state index < -0.39 is 20.6 Å². The first-order valence-corrected chi connectivity index (χ1v) is 9.70. The minimum absolute atomic E-state index is 0.0279. The molecule has 140 valence electrons. The molecule has 1 aromatic carbocycles. The lowest BCUT2D eigenvalue weighted by atomic mass is 9.98. The van der Waals surface area contributed by atoms with Crippen LogP contribution in [0.5, 0.6) is 5.75 Å². The normalized spacial score (nSPS) is 13.7. The van der Waals surface area contributed by atoms with Crippen LogP contribution in [0.4, 0.5) is 0 Å². The number of hydrogen-bond acceptors (Lipinski definition) is 6. The number of rotatable bonds is 7. The SMILES string of the molecule is CCOC(=O)C(C)(Cc1cnccc1C)S(=O)(=O)c1ccc(OC)cc1. The Morgan fingerprint density at radius 2 is 1.85 bits per heavy atom. The van der Waals surface area contributed by atoms with Crippen molar-refractivity contribution in [2.24, 2.45) is 0 Å². The quantitative estimate of drug-likeness (QED) is 0.690. The fourth-order valence-corrected chi connectivity index (χ4v) is 4.26. The number of methoxy groups -OCH3 is 1. The van der Waals surface area contributed by atoms with Crippen molar-refractivity contribution in [3.63, 3.8) is 0 Å². The van der Waals surface area contributed by atoms with Crippen molar-refractivity contribution in [3.05, 3.63) is 53.9 Å². The molecule has 1 unspecified atom stereocenters. The van der Waals surface area contributed by atoms with Crippen molar-refractivity contribution in [1.29, 1.82) is 0 Å². The molecule has 26 heavy (non-hydrogen) atoms. The molecule has 0 bridgehead atoms. The molecular weight excluding hydrogens is 354 g/mol. The van der Waals surface area contributed by atoms with Crippen molar-refractivity contribution in [2.45, 2.75) is 36.8 Å². The smallest absolute Gasteiger partial charge is 0.327 e. The van der Waals surface area contributed by atoms with E-state index in [1.54, 1.807) is 37.5 Å². The Hall–Kier alpha value is -2.41. The van der Waals surface area contributed by atoms with Gasteiger partial charge in [0.1, 0.15) is 5.75 Å². The molecule has 0 N–H and O–H groups in total. The molecule has 7 heteroatoms. The molecular formula is C19H23NO5S. The van der Waals surface area contributed by atoms with E-state index in [9.17, 15) is 13.2 Å². The third-order valence-electron chi connectivity index (χ3n) is 4.35. The van der Waals surface area contributed by atoms with Crippen LogP contribution >= 0.6 is 0 Å². The third-order valence-corrected chi connectivity index (χ3v) is 6.74. The molecule has 2 rings (SSSR count). The Labute approximate surface area is 154 Å². The van der Waals surface area contributed by atoms with Gasteiger partial charge in [-0.2, -0.15) is 0 Å². The van der Waals surface area contributed by atoms with Crippen LogP contribution < -0.4 is 4.74 Å². The average molecular weight is 377 g/mol. The van der Waals surface area contributed by atoms with Crippen LogP contribution in [0.2, 0.25) is 0 Å². The number of nitrogens with zero attached hydrogens (tertiary/aromatic N) is 1. The molecule has 1 atom stereocenters. The fraction of sp³-hybridized carbons (Fsp3) is 0.368. The Bertz CT molecular complexity index is 877. The number of aromatic nitrogens is 1. The van der Waals surface area contributed by atoms with E-state index in [-0.39, 0.29) is 17.9 Å². The first-order valence-electron chi connectivity index (χ1n) is 8.21. The van der Waals surface area contributed by atoms with Gasteiger partial charge in [0.2, 0.25) is 0 Å². The first-order chi connectivity index (χ1) is 12.3. The lowest BCUT2D eigenvalue weighted by Gasteiger charge is -2.28. The van der Waals surface area contributed by atoms with Gasteiger partial charge in [-0.15, -0.1) is 0 Å². The van der Waals surface area contributed by atoms with Gasteiger partial charge in [-0.1, -0.05) is 0 Å². The molecule has 6 nitrogen and oxygen atoms in total. The Kier molecular flexibility index (Phi) is 6.02. The third kappa shape index (κ3) is 3.72. The van der Waals surface area contributed by atoms with Crippen LogP contribution in [-0.4, -0.2) is 37.8 Å². The van der Waals surface area contributed by atoms with Crippen molar-refractivity contribution < 1.29 is 22.7 Å². The van der Waals surface area contributed by atoms with Gasteiger partial charge in [0.05, 0.1) is 18.6 Å². The summed E-state index contributed by atoms with van der Waals surface area (Å²) in [6.07, 6.45) is 3.18. The summed E-state index contributed by atoms with van der Waals surface area (Å²) in [7, 11) is -2.52. The molecule has 0 aliphatic carbocycles. The van der Waals surface area contributed by atoms with E-state index in [1.165, 1.54) is 26.2 Å². The maximum Gasteiger partial charge on any atom is 0.327 e. The zero-order chi connectivity index (χ0) is 19.4. The van der Waals surface area contributed by atoms with Crippen LogP contribution in [0.15, 0.2) is 47.6 Å². The van der Waals surface area contributed by atoms with Gasteiger partial charge in [0, 0.05) is 18.8 Å². The number of pyridine rings is 1. The van der Waals surface area contributed by atoms with Gasteiger partial charge in [-0.05, 0) is 62.2 Å². The second-order valence-electron chi connectivity index (χ2n) is 6.11. The predicted octanol–water partition coefficient (Wildman–Crippen LogP) is 2.74. The molecule has 1 heterocycles. The van der Waals surface area contributed by atoms with Crippen molar-refractivity contribution in [1.82, 2.24) is 4.98 Å². The minimum Gasteiger partial charge on any atom is -0.497 e. The number of esters is 1. The van der Waals surface area contributed by atoms with Crippen LogP contribution in [-0.2, 0) is 25.8 Å². The van der Waals surface area contributed by atoms with Gasteiger partial charge >= 0.3 is 5.97 Å². The summed E-state index contributed by atoms with van der Waals surface area (Å²) >= 11 is 0. The zero-order valence-corrected chi connectivity index (χ0v) is 16.2. The van der Waals surface area contributed by atoms with Crippen LogP contribution in [0.1, 0.15) is 25.0 Å². The van der Waals surface area contributed by atoms with E-state index >= 15 is 0 Å². The largest absolute Gasteiger partial charge is 0.497 e. The first kappa shape index (κ1) is 19.9. The summed E-state index contributed by atoms with van der Waals surface area (Å²) in [6.45, 7) is 4.99.